The van der Waals surface area contributed by atoms with E-state index in [4.69, 9.17) is 11.6 Å². The maximum atomic E-state index is 12.7. The Labute approximate surface area is 124 Å². The van der Waals surface area contributed by atoms with Gasteiger partial charge in [0, 0.05) is 31.7 Å². The highest BCUT2D eigenvalue weighted by Gasteiger charge is 2.25. The summed E-state index contributed by atoms with van der Waals surface area (Å²) in [7, 11) is 3.85. The molecule has 0 radical (unpaired) electrons. The van der Waals surface area contributed by atoms with E-state index in [0.717, 1.165) is 26.1 Å². The largest absolute Gasteiger partial charge is 0.373 e. The van der Waals surface area contributed by atoms with Gasteiger partial charge in [0.25, 0.3) is 5.91 Å². The highest BCUT2D eigenvalue weighted by Crippen LogP contribution is 2.18. The molecule has 1 aliphatic rings. The number of halogens is 1. The first kappa shape index (κ1) is 15.1. The van der Waals surface area contributed by atoms with Gasteiger partial charge in [-0.1, -0.05) is 11.6 Å². The lowest BCUT2D eigenvalue weighted by atomic mass is 10.2. The summed E-state index contributed by atoms with van der Waals surface area (Å²) in [6.45, 7) is 4.77. The molecule has 1 aromatic heterocycles. The van der Waals surface area contributed by atoms with Crippen LogP contribution >= 0.6 is 11.6 Å². The van der Waals surface area contributed by atoms with Gasteiger partial charge in [0.2, 0.25) is 0 Å². The second-order valence-corrected chi connectivity index (χ2v) is 5.66. The van der Waals surface area contributed by atoms with Gasteiger partial charge >= 0.3 is 0 Å². The summed E-state index contributed by atoms with van der Waals surface area (Å²) in [5, 5.41) is 3.26. The Bertz CT molecular complexity index is 494. The number of pyridine rings is 1. The maximum absolute atomic E-state index is 12.7. The standard InChI is InChI=1S/C14H21ClN4O/c1-10-9-18(3)5-4-6-19(10)14(20)11-7-12(15)17-13(8-11)16-2/h7-8,10H,4-6,9H2,1-3H3,(H,16,17). The second-order valence-electron chi connectivity index (χ2n) is 5.28. The predicted molar refractivity (Wildman–Crippen MR) is 81.4 cm³/mol. The van der Waals surface area contributed by atoms with Crippen molar-refractivity contribution in [3.8, 4) is 0 Å². The first-order valence-corrected chi connectivity index (χ1v) is 7.24. The van der Waals surface area contributed by atoms with Crippen molar-refractivity contribution in [1.82, 2.24) is 14.8 Å². The van der Waals surface area contributed by atoms with Gasteiger partial charge in [-0.2, -0.15) is 0 Å². The molecule has 1 amide bonds. The molecular weight excluding hydrogens is 276 g/mol. The average Bonchev–Trinajstić information content (AvgIpc) is 2.57. The molecule has 2 rings (SSSR count). The van der Waals surface area contributed by atoms with E-state index in [1.54, 1.807) is 19.2 Å². The van der Waals surface area contributed by atoms with E-state index in [9.17, 15) is 4.79 Å². The SMILES string of the molecule is CNc1cc(C(=O)N2CCCN(C)CC2C)cc(Cl)n1. The first-order chi connectivity index (χ1) is 9.51. The lowest BCUT2D eigenvalue weighted by Crippen LogP contribution is -2.42. The third kappa shape index (κ3) is 3.41. The summed E-state index contributed by atoms with van der Waals surface area (Å²) in [6, 6.07) is 3.57. The van der Waals surface area contributed by atoms with Crippen molar-refractivity contribution in [2.75, 3.05) is 39.0 Å². The molecule has 0 spiro atoms. The summed E-state index contributed by atoms with van der Waals surface area (Å²) in [5.74, 6) is 0.633. The van der Waals surface area contributed by atoms with Crippen molar-refractivity contribution in [2.24, 2.45) is 0 Å². The summed E-state index contributed by atoms with van der Waals surface area (Å²) in [5.41, 5.74) is 0.589. The van der Waals surface area contributed by atoms with Gasteiger partial charge in [-0.3, -0.25) is 4.79 Å². The molecule has 5 nitrogen and oxygen atoms in total. The van der Waals surface area contributed by atoms with Crippen molar-refractivity contribution in [3.63, 3.8) is 0 Å². The van der Waals surface area contributed by atoms with E-state index in [0.29, 0.717) is 16.5 Å². The fourth-order valence-corrected chi connectivity index (χ4v) is 2.80. The highest BCUT2D eigenvalue weighted by molar-refractivity contribution is 6.29. The van der Waals surface area contributed by atoms with Crippen LogP contribution in [-0.2, 0) is 0 Å². The molecule has 1 aromatic rings. The van der Waals surface area contributed by atoms with Gasteiger partial charge in [0.15, 0.2) is 0 Å². The zero-order valence-corrected chi connectivity index (χ0v) is 12.9. The van der Waals surface area contributed by atoms with Gasteiger partial charge in [0.05, 0.1) is 0 Å². The molecule has 110 valence electrons. The Hall–Kier alpha value is -1.33. The number of nitrogens with one attached hydrogen (secondary N) is 1. The molecule has 0 aliphatic carbocycles. The van der Waals surface area contributed by atoms with Crippen LogP contribution in [0.2, 0.25) is 5.15 Å². The van der Waals surface area contributed by atoms with E-state index in [1.165, 1.54) is 0 Å². The predicted octanol–water partition coefficient (Wildman–Crippen LogP) is 1.94. The van der Waals surface area contributed by atoms with Crippen molar-refractivity contribution in [1.29, 1.82) is 0 Å². The van der Waals surface area contributed by atoms with Crippen molar-refractivity contribution in [2.45, 2.75) is 19.4 Å². The number of hydrogen-bond acceptors (Lipinski definition) is 4. The van der Waals surface area contributed by atoms with Crippen molar-refractivity contribution < 1.29 is 4.79 Å². The minimum atomic E-state index is 0.0219. The zero-order chi connectivity index (χ0) is 14.7. The molecule has 1 aliphatic heterocycles. The zero-order valence-electron chi connectivity index (χ0n) is 12.2. The lowest BCUT2D eigenvalue weighted by Gasteiger charge is -2.28. The molecule has 20 heavy (non-hydrogen) atoms. The van der Waals surface area contributed by atoms with Crippen molar-refractivity contribution >= 4 is 23.3 Å². The molecule has 0 saturated carbocycles. The highest BCUT2D eigenvalue weighted by atomic mass is 35.5. The van der Waals surface area contributed by atoms with E-state index < -0.39 is 0 Å². The van der Waals surface area contributed by atoms with Crippen LogP contribution in [0, 0.1) is 0 Å². The second kappa shape index (κ2) is 6.41. The monoisotopic (exact) mass is 296 g/mol. The number of carbonyl (C=O) groups is 1. The summed E-state index contributed by atoms with van der Waals surface area (Å²) in [4.78, 5) is 21.0. The summed E-state index contributed by atoms with van der Waals surface area (Å²) >= 11 is 5.97. The van der Waals surface area contributed by atoms with Crippen LogP contribution in [-0.4, -0.2) is 60.5 Å². The quantitative estimate of drug-likeness (QED) is 0.848. The number of carbonyl (C=O) groups excluding carboxylic acids is 1. The topological polar surface area (TPSA) is 48.5 Å². The van der Waals surface area contributed by atoms with Crippen LogP contribution in [0.4, 0.5) is 5.82 Å². The molecule has 1 atom stereocenters. The maximum Gasteiger partial charge on any atom is 0.254 e. The Morgan fingerprint density at radius 2 is 2.20 bits per heavy atom. The fourth-order valence-electron chi connectivity index (χ4n) is 2.59. The van der Waals surface area contributed by atoms with Gasteiger partial charge in [-0.15, -0.1) is 0 Å². The van der Waals surface area contributed by atoms with E-state index in [1.807, 2.05) is 4.90 Å². The van der Waals surface area contributed by atoms with Crippen LogP contribution < -0.4 is 5.32 Å². The molecule has 0 aromatic carbocycles. The smallest absolute Gasteiger partial charge is 0.254 e. The third-order valence-electron chi connectivity index (χ3n) is 3.60. The normalized spacial score (nSPS) is 20.6. The van der Waals surface area contributed by atoms with Crippen LogP contribution in [0.25, 0.3) is 0 Å². The van der Waals surface area contributed by atoms with Crippen LogP contribution in [0.15, 0.2) is 12.1 Å². The molecule has 1 fully saturated rings. The number of hydrogen-bond donors (Lipinski definition) is 1. The van der Waals surface area contributed by atoms with E-state index in [2.05, 4.69) is 29.2 Å². The molecule has 2 heterocycles. The van der Waals surface area contributed by atoms with Crippen LogP contribution in [0.3, 0.4) is 0 Å². The minimum absolute atomic E-state index is 0.0219. The molecule has 0 bridgehead atoms. The number of aromatic nitrogens is 1. The number of amides is 1. The molecule has 1 N–H and O–H groups in total. The molecule has 1 unspecified atom stereocenters. The van der Waals surface area contributed by atoms with Gasteiger partial charge in [-0.25, -0.2) is 4.98 Å². The van der Waals surface area contributed by atoms with Gasteiger partial charge in [0.1, 0.15) is 11.0 Å². The third-order valence-corrected chi connectivity index (χ3v) is 3.80. The Kier molecular flexibility index (Phi) is 4.83. The van der Waals surface area contributed by atoms with Gasteiger partial charge < -0.3 is 15.1 Å². The summed E-state index contributed by atoms with van der Waals surface area (Å²) in [6.07, 6.45) is 0.990. The molecule has 1 saturated heterocycles. The number of likely N-dealkylation sites (N-methyl/N-ethyl adjacent to an activating group) is 1. The average molecular weight is 297 g/mol. The molecular formula is C14H21ClN4O. The lowest BCUT2D eigenvalue weighted by molar-refractivity contribution is 0.0696. The number of anilines is 1. The number of nitrogens with zero attached hydrogens (tertiary/aromatic N) is 3. The van der Waals surface area contributed by atoms with Crippen molar-refractivity contribution in [3.05, 3.63) is 22.8 Å². The van der Waals surface area contributed by atoms with E-state index in [-0.39, 0.29) is 11.9 Å². The van der Waals surface area contributed by atoms with Gasteiger partial charge in [-0.05, 0) is 39.1 Å². The Morgan fingerprint density at radius 3 is 2.90 bits per heavy atom. The first-order valence-electron chi connectivity index (χ1n) is 6.86. The minimum Gasteiger partial charge on any atom is -0.373 e. The van der Waals surface area contributed by atoms with E-state index >= 15 is 0 Å². The Balaban J connectivity index is 2.23. The summed E-state index contributed by atoms with van der Waals surface area (Å²) < 4.78 is 0. The van der Waals surface area contributed by atoms with Crippen LogP contribution in [0.1, 0.15) is 23.7 Å². The molecule has 6 heteroatoms. The Morgan fingerprint density at radius 1 is 1.45 bits per heavy atom. The fraction of sp³-hybridized carbons (Fsp3) is 0.571. The van der Waals surface area contributed by atoms with Crippen LogP contribution in [0.5, 0.6) is 0 Å². The number of rotatable bonds is 2.